The predicted molar refractivity (Wildman–Crippen MR) is 64.2 cm³/mol. The van der Waals surface area contributed by atoms with Crippen molar-refractivity contribution in [3.8, 4) is 0 Å². The molecule has 0 aliphatic carbocycles. The number of carboxylic acids is 1. The largest absolute Gasteiger partial charge is 0.479 e. The Bertz CT molecular complexity index is 676. The minimum Gasteiger partial charge on any atom is -0.479 e. The Kier molecular flexibility index (Phi) is 3.42. The van der Waals surface area contributed by atoms with Crippen LogP contribution in [0.4, 0.5) is 0 Å². The third-order valence-corrected chi connectivity index (χ3v) is 3.49. The first-order valence-electron chi connectivity index (χ1n) is 5.23. The number of hydrogen-bond donors (Lipinski definition) is 4. The van der Waals surface area contributed by atoms with Crippen molar-refractivity contribution in [1.29, 1.82) is 0 Å². The molecule has 2 aromatic heterocycles. The SMILES string of the molecule is O=C(O)C(O)Cc1cccc2ncc(P(=O)(O)O)n12. The van der Waals surface area contributed by atoms with Gasteiger partial charge in [-0.2, -0.15) is 0 Å². The second kappa shape index (κ2) is 4.75. The molecule has 0 radical (unpaired) electrons. The Balaban J connectivity index is 2.58. The summed E-state index contributed by atoms with van der Waals surface area (Å²) in [5.74, 6) is -1.41. The molecule has 0 saturated heterocycles. The van der Waals surface area contributed by atoms with E-state index in [-0.39, 0.29) is 23.2 Å². The van der Waals surface area contributed by atoms with E-state index in [0.717, 1.165) is 10.6 Å². The van der Waals surface area contributed by atoms with Crippen LogP contribution < -0.4 is 5.44 Å². The standard InChI is InChI=1S/C10H11N2O6P/c13-7(10(14)15)4-6-2-1-3-8-11-5-9(12(6)8)19(16,17)18/h1-3,5,7,13H,4H2,(H,14,15)(H2,16,17,18). The zero-order valence-electron chi connectivity index (χ0n) is 9.54. The minimum atomic E-state index is -4.54. The van der Waals surface area contributed by atoms with E-state index in [1.54, 1.807) is 6.07 Å². The van der Waals surface area contributed by atoms with Crippen LogP contribution >= 0.6 is 7.60 Å². The first-order chi connectivity index (χ1) is 8.80. The molecule has 19 heavy (non-hydrogen) atoms. The van der Waals surface area contributed by atoms with E-state index < -0.39 is 19.7 Å². The topological polar surface area (TPSA) is 132 Å². The molecule has 2 aromatic rings. The maximum atomic E-state index is 11.3. The maximum Gasteiger partial charge on any atom is 0.374 e. The van der Waals surface area contributed by atoms with Gasteiger partial charge in [-0.1, -0.05) is 6.07 Å². The average molecular weight is 286 g/mol. The number of imidazole rings is 1. The molecule has 0 spiro atoms. The summed E-state index contributed by atoms with van der Waals surface area (Å²) in [4.78, 5) is 32.9. The van der Waals surface area contributed by atoms with Crippen molar-refractivity contribution < 1.29 is 29.4 Å². The van der Waals surface area contributed by atoms with Crippen molar-refractivity contribution in [2.75, 3.05) is 0 Å². The summed E-state index contributed by atoms with van der Waals surface area (Å²) < 4.78 is 12.5. The number of fused-ring (bicyclic) bond motifs is 1. The van der Waals surface area contributed by atoms with Crippen LogP contribution in [0.1, 0.15) is 5.69 Å². The number of aliphatic carboxylic acids is 1. The molecule has 0 bridgehead atoms. The van der Waals surface area contributed by atoms with Crippen LogP contribution in [0.3, 0.4) is 0 Å². The molecule has 0 aromatic carbocycles. The van der Waals surface area contributed by atoms with E-state index in [9.17, 15) is 24.3 Å². The van der Waals surface area contributed by atoms with Crippen molar-refractivity contribution in [2.45, 2.75) is 12.5 Å². The van der Waals surface area contributed by atoms with E-state index in [1.165, 1.54) is 12.1 Å². The van der Waals surface area contributed by atoms with E-state index in [0.29, 0.717) is 0 Å². The molecular formula is C10H11N2O6P. The first-order valence-corrected chi connectivity index (χ1v) is 6.84. The Morgan fingerprint density at radius 3 is 2.68 bits per heavy atom. The molecule has 9 heteroatoms. The van der Waals surface area contributed by atoms with Crippen LogP contribution in [0.5, 0.6) is 0 Å². The van der Waals surface area contributed by atoms with E-state index in [4.69, 9.17) is 5.11 Å². The molecule has 2 rings (SSSR count). The van der Waals surface area contributed by atoms with Gasteiger partial charge in [0.1, 0.15) is 5.65 Å². The van der Waals surface area contributed by atoms with Gasteiger partial charge in [-0.05, 0) is 12.1 Å². The Morgan fingerprint density at radius 1 is 1.42 bits per heavy atom. The van der Waals surface area contributed by atoms with Crippen molar-refractivity contribution in [3.05, 3.63) is 30.1 Å². The number of aliphatic hydroxyl groups excluding tert-OH is 1. The molecule has 2 heterocycles. The quantitative estimate of drug-likeness (QED) is 0.537. The third kappa shape index (κ3) is 2.66. The lowest BCUT2D eigenvalue weighted by Crippen LogP contribution is -2.25. The molecule has 0 fully saturated rings. The Hall–Kier alpha value is -1.73. The summed E-state index contributed by atoms with van der Waals surface area (Å²) in [7, 11) is -4.54. The number of aliphatic hydroxyl groups is 1. The van der Waals surface area contributed by atoms with Gasteiger partial charge in [0.2, 0.25) is 0 Å². The Labute approximate surface area is 107 Å². The number of carbonyl (C=O) groups is 1. The summed E-state index contributed by atoms with van der Waals surface area (Å²) in [5.41, 5.74) is 0.187. The molecule has 0 aliphatic rings. The van der Waals surface area contributed by atoms with Gasteiger partial charge >= 0.3 is 13.6 Å². The predicted octanol–water partition coefficient (Wildman–Crippen LogP) is -0.875. The van der Waals surface area contributed by atoms with Crippen LogP contribution in [0.2, 0.25) is 0 Å². The lowest BCUT2D eigenvalue weighted by atomic mass is 10.2. The molecule has 0 saturated carbocycles. The molecule has 1 unspecified atom stereocenters. The fourth-order valence-electron chi connectivity index (χ4n) is 1.74. The Morgan fingerprint density at radius 2 is 2.11 bits per heavy atom. The molecule has 102 valence electrons. The smallest absolute Gasteiger partial charge is 0.374 e. The summed E-state index contributed by atoms with van der Waals surface area (Å²) in [6.45, 7) is 0. The van der Waals surface area contributed by atoms with Crippen LogP contribution in [0.25, 0.3) is 5.65 Å². The van der Waals surface area contributed by atoms with Crippen molar-refractivity contribution >= 4 is 24.6 Å². The lowest BCUT2D eigenvalue weighted by Gasteiger charge is -2.11. The van der Waals surface area contributed by atoms with Gasteiger partial charge in [-0.25, -0.2) is 9.78 Å². The summed E-state index contributed by atoms with van der Waals surface area (Å²) >= 11 is 0. The number of pyridine rings is 1. The maximum absolute atomic E-state index is 11.3. The summed E-state index contributed by atoms with van der Waals surface area (Å²) in [5, 5.41) is 18.0. The van der Waals surface area contributed by atoms with Crippen LogP contribution in [0.15, 0.2) is 24.4 Å². The fourth-order valence-corrected chi connectivity index (χ4v) is 2.44. The molecular weight excluding hydrogens is 275 g/mol. The second-order valence-electron chi connectivity index (χ2n) is 3.93. The molecule has 0 amide bonds. The highest BCUT2D eigenvalue weighted by Crippen LogP contribution is 2.33. The van der Waals surface area contributed by atoms with Crippen LogP contribution in [0, 0.1) is 0 Å². The van der Waals surface area contributed by atoms with Gasteiger partial charge < -0.3 is 20.0 Å². The van der Waals surface area contributed by atoms with E-state index in [2.05, 4.69) is 4.98 Å². The first kappa shape index (κ1) is 13.7. The van der Waals surface area contributed by atoms with Gasteiger partial charge in [0.05, 0.1) is 6.20 Å². The van der Waals surface area contributed by atoms with E-state index in [1.807, 2.05) is 0 Å². The zero-order valence-corrected chi connectivity index (χ0v) is 10.4. The minimum absolute atomic E-state index is 0.253. The van der Waals surface area contributed by atoms with Gasteiger partial charge in [0.25, 0.3) is 0 Å². The van der Waals surface area contributed by atoms with Crippen LogP contribution in [-0.4, -0.2) is 41.5 Å². The lowest BCUT2D eigenvalue weighted by molar-refractivity contribution is -0.146. The zero-order chi connectivity index (χ0) is 14.2. The molecule has 0 aliphatic heterocycles. The fraction of sp³-hybridized carbons (Fsp3) is 0.200. The van der Waals surface area contributed by atoms with Crippen molar-refractivity contribution in [1.82, 2.24) is 9.38 Å². The summed E-state index contributed by atoms with van der Waals surface area (Å²) in [6, 6.07) is 4.56. The normalized spacial score (nSPS) is 13.6. The number of aromatic nitrogens is 2. The molecule has 1 atom stereocenters. The van der Waals surface area contributed by atoms with Gasteiger partial charge in [-0.15, -0.1) is 0 Å². The number of rotatable bonds is 4. The van der Waals surface area contributed by atoms with Gasteiger partial charge in [-0.3, -0.25) is 8.97 Å². The van der Waals surface area contributed by atoms with Crippen molar-refractivity contribution in [3.63, 3.8) is 0 Å². The van der Waals surface area contributed by atoms with Crippen LogP contribution in [-0.2, 0) is 15.8 Å². The second-order valence-corrected chi connectivity index (χ2v) is 5.48. The highest BCUT2D eigenvalue weighted by atomic mass is 31.2. The highest BCUT2D eigenvalue weighted by molar-refractivity contribution is 7.60. The van der Waals surface area contributed by atoms with E-state index >= 15 is 0 Å². The number of nitrogens with zero attached hydrogens (tertiary/aromatic N) is 2. The number of carboxylic acid groups (broad SMARTS) is 1. The van der Waals surface area contributed by atoms with Gasteiger partial charge in [0.15, 0.2) is 11.5 Å². The number of hydrogen-bond acceptors (Lipinski definition) is 4. The highest BCUT2D eigenvalue weighted by Gasteiger charge is 2.25. The summed E-state index contributed by atoms with van der Waals surface area (Å²) in [6.07, 6.45) is -0.902. The average Bonchev–Trinajstić information content (AvgIpc) is 2.73. The molecule has 4 N–H and O–H groups in total. The van der Waals surface area contributed by atoms with Crippen molar-refractivity contribution in [2.24, 2.45) is 0 Å². The molecule has 8 nitrogen and oxygen atoms in total. The third-order valence-electron chi connectivity index (χ3n) is 2.58. The van der Waals surface area contributed by atoms with Gasteiger partial charge in [0, 0.05) is 12.1 Å². The monoisotopic (exact) mass is 286 g/mol.